The van der Waals surface area contributed by atoms with Gasteiger partial charge in [0, 0.05) is 18.7 Å². The molecule has 0 saturated carbocycles. The number of nitrogens with one attached hydrogen (secondary N) is 1. The number of carbonyl (C=O) groups excluding carboxylic acids is 2. The highest BCUT2D eigenvalue weighted by atomic mass is 16.5. The van der Waals surface area contributed by atoms with E-state index in [-0.39, 0.29) is 18.4 Å². The number of methoxy groups -OCH3 is 1. The van der Waals surface area contributed by atoms with E-state index in [0.29, 0.717) is 11.5 Å². The summed E-state index contributed by atoms with van der Waals surface area (Å²) >= 11 is 0. The molecule has 0 aromatic heterocycles. The van der Waals surface area contributed by atoms with Crippen molar-refractivity contribution in [3.05, 3.63) is 65.7 Å². The molecule has 0 atom stereocenters. The Morgan fingerprint density at radius 3 is 2.36 bits per heavy atom. The van der Waals surface area contributed by atoms with Crippen molar-refractivity contribution in [2.75, 3.05) is 26.7 Å². The van der Waals surface area contributed by atoms with Gasteiger partial charge in [0.1, 0.15) is 5.75 Å². The van der Waals surface area contributed by atoms with Crippen LogP contribution in [-0.4, -0.2) is 43.5 Å². The van der Waals surface area contributed by atoms with Crippen LogP contribution in [0.15, 0.2) is 54.6 Å². The van der Waals surface area contributed by atoms with Crippen LogP contribution >= 0.6 is 0 Å². The molecule has 1 aliphatic rings. The maximum absolute atomic E-state index is 12.4. The number of hydrogen-bond donors (Lipinski definition) is 1. The molecule has 0 aliphatic carbocycles. The summed E-state index contributed by atoms with van der Waals surface area (Å²) in [5.41, 5.74) is 1.90. The third kappa shape index (κ3) is 5.59. The van der Waals surface area contributed by atoms with Crippen LogP contribution < -0.4 is 10.1 Å². The highest BCUT2D eigenvalue weighted by Gasteiger charge is 2.22. The quantitative estimate of drug-likeness (QED) is 0.802. The molecule has 1 aliphatic heterocycles. The lowest BCUT2D eigenvalue weighted by molar-refractivity contribution is -0.131. The number of piperidine rings is 1. The molecule has 0 unspecified atom stereocenters. The van der Waals surface area contributed by atoms with Crippen LogP contribution in [0.1, 0.15) is 35.2 Å². The van der Waals surface area contributed by atoms with Gasteiger partial charge in [-0.25, -0.2) is 0 Å². The molecular weight excluding hydrogens is 352 g/mol. The third-order valence-electron chi connectivity index (χ3n) is 5.40. The number of benzene rings is 2. The van der Waals surface area contributed by atoms with Gasteiger partial charge >= 0.3 is 0 Å². The Hall–Kier alpha value is -2.82. The van der Waals surface area contributed by atoms with E-state index in [1.165, 1.54) is 5.56 Å². The number of nitrogens with zero attached hydrogens (tertiary/aromatic N) is 1. The molecule has 148 valence electrons. The fourth-order valence-corrected chi connectivity index (χ4v) is 3.59. The highest BCUT2D eigenvalue weighted by molar-refractivity contribution is 5.96. The largest absolute Gasteiger partial charge is 0.497 e. The molecule has 28 heavy (non-hydrogen) atoms. The van der Waals surface area contributed by atoms with E-state index >= 15 is 0 Å². The van der Waals surface area contributed by atoms with Gasteiger partial charge in [-0.15, -0.1) is 0 Å². The average Bonchev–Trinajstić information content (AvgIpc) is 2.77. The number of carbonyl (C=O) groups is 2. The van der Waals surface area contributed by atoms with Crippen molar-refractivity contribution in [2.24, 2.45) is 5.92 Å². The van der Waals surface area contributed by atoms with E-state index in [9.17, 15) is 9.59 Å². The van der Waals surface area contributed by atoms with Crippen molar-refractivity contribution >= 4 is 11.8 Å². The van der Waals surface area contributed by atoms with Crippen molar-refractivity contribution in [1.29, 1.82) is 0 Å². The van der Waals surface area contributed by atoms with Gasteiger partial charge in [-0.05, 0) is 61.4 Å². The number of likely N-dealkylation sites (tertiary alicyclic amines) is 1. The van der Waals surface area contributed by atoms with E-state index in [1.807, 2.05) is 35.2 Å². The molecule has 2 amide bonds. The molecule has 1 heterocycles. The normalized spacial score (nSPS) is 14.5. The van der Waals surface area contributed by atoms with Crippen LogP contribution in [0.5, 0.6) is 5.75 Å². The topological polar surface area (TPSA) is 58.6 Å². The third-order valence-corrected chi connectivity index (χ3v) is 5.40. The van der Waals surface area contributed by atoms with Crippen molar-refractivity contribution in [3.8, 4) is 5.75 Å². The van der Waals surface area contributed by atoms with Crippen molar-refractivity contribution < 1.29 is 14.3 Å². The number of hydrogen-bond acceptors (Lipinski definition) is 3. The Bertz CT molecular complexity index is 766. The minimum Gasteiger partial charge on any atom is -0.497 e. The zero-order chi connectivity index (χ0) is 19.8. The van der Waals surface area contributed by atoms with E-state index in [4.69, 9.17) is 4.74 Å². The van der Waals surface area contributed by atoms with Crippen molar-refractivity contribution in [3.63, 3.8) is 0 Å². The Balaban J connectivity index is 1.37. The Kier molecular flexibility index (Phi) is 7.06. The first-order valence-electron chi connectivity index (χ1n) is 9.89. The summed E-state index contributed by atoms with van der Waals surface area (Å²) in [5.74, 6) is 1.32. The van der Waals surface area contributed by atoms with Gasteiger partial charge in [-0.2, -0.15) is 0 Å². The SMILES string of the molecule is COc1ccc(CCC2CCN(C(=O)CNC(=O)c3ccccc3)CC2)cc1. The first-order chi connectivity index (χ1) is 13.7. The molecule has 2 aromatic rings. The standard InChI is InChI=1S/C23H28N2O3/c1-28-21-11-9-18(10-12-21)7-8-19-13-15-25(16-14-19)22(26)17-24-23(27)20-5-3-2-4-6-20/h2-6,9-12,19H,7-8,13-17H2,1H3,(H,24,27). The number of amides is 2. The summed E-state index contributed by atoms with van der Waals surface area (Å²) in [6, 6.07) is 17.2. The summed E-state index contributed by atoms with van der Waals surface area (Å²) < 4.78 is 5.19. The molecule has 1 fully saturated rings. The van der Waals surface area contributed by atoms with Crippen LogP contribution in [0.25, 0.3) is 0 Å². The fraction of sp³-hybridized carbons (Fsp3) is 0.391. The van der Waals surface area contributed by atoms with Gasteiger partial charge in [0.15, 0.2) is 0 Å². The fourth-order valence-electron chi connectivity index (χ4n) is 3.59. The molecule has 0 radical (unpaired) electrons. The van der Waals surface area contributed by atoms with Crippen LogP contribution in [0.3, 0.4) is 0 Å². The summed E-state index contributed by atoms with van der Waals surface area (Å²) in [6.07, 6.45) is 4.23. The van der Waals surface area contributed by atoms with E-state index < -0.39 is 0 Å². The maximum Gasteiger partial charge on any atom is 0.251 e. The Morgan fingerprint density at radius 2 is 1.71 bits per heavy atom. The smallest absolute Gasteiger partial charge is 0.251 e. The molecule has 1 saturated heterocycles. The highest BCUT2D eigenvalue weighted by Crippen LogP contribution is 2.23. The van der Waals surface area contributed by atoms with Crippen LogP contribution in [-0.2, 0) is 11.2 Å². The van der Waals surface area contributed by atoms with Gasteiger partial charge in [-0.3, -0.25) is 9.59 Å². The number of rotatable bonds is 7. The predicted molar refractivity (Wildman–Crippen MR) is 109 cm³/mol. The molecule has 0 spiro atoms. The number of aryl methyl sites for hydroxylation is 1. The Labute approximate surface area is 166 Å². The molecule has 0 bridgehead atoms. The lowest BCUT2D eigenvalue weighted by Crippen LogP contribution is -2.44. The van der Waals surface area contributed by atoms with Crippen LogP contribution in [0.4, 0.5) is 0 Å². The molecule has 5 heteroatoms. The first kappa shape index (κ1) is 19.9. The first-order valence-corrected chi connectivity index (χ1v) is 9.89. The summed E-state index contributed by atoms with van der Waals surface area (Å²) in [7, 11) is 1.68. The minimum atomic E-state index is -0.205. The molecule has 5 nitrogen and oxygen atoms in total. The van der Waals surface area contributed by atoms with Crippen LogP contribution in [0, 0.1) is 5.92 Å². The predicted octanol–water partition coefficient (Wildman–Crippen LogP) is 3.30. The zero-order valence-electron chi connectivity index (χ0n) is 16.4. The monoisotopic (exact) mass is 380 g/mol. The average molecular weight is 380 g/mol. The maximum atomic E-state index is 12.4. The molecule has 2 aromatic carbocycles. The second-order valence-electron chi connectivity index (χ2n) is 7.26. The van der Waals surface area contributed by atoms with Gasteiger partial charge in [0.2, 0.25) is 5.91 Å². The molecular formula is C23H28N2O3. The lowest BCUT2D eigenvalue weighted by atomic mass is 9.90. The van der Waals surface area contributed by atoms with E-state index in [2.05, 4.69) is 17.4 Å². The second-order valence-corrected chi connectivity index (χ2v) is 7.26. The van der Waals surface area contributed by atoms with Gasteiger partial charge in [0.05, 0.1) is 13.7 Å². The van der Waals surface area contributed by atoms with Crippen molar-refractivity contribution in [2.45, 2.75) is 25.7 Å². The zero-order valence-corrected chi connectivity index (χ0v) is 16.4. The van der Waals surface area contributed by atoms with Crippen molar-refractivity contribution in [1.82, 2.24) is 10.2 Å². The van der Waals surface area contributed by atoms with Crippen LogP contribution in [0.2, 0.25) is 0 Å². The van der Waals surface area contributed by atoms with Gasteiger partial charge in [-0.1, -0.05) is 30.3 Å². The van der Waals surface area contributed by atoms with Gasteiger partial charge in [0.25, 0.3) is 5.91 Å². The minimum absolute atomic E-state index is 0.00196. The summed E-state index contributed by atoms with van der Waals surface area (Å²) in [5, 5.41) is 2.72. The summed E-state index contributed by atoms with van der Waals surface area (Å²) in [6.45, 7) is 1.60. The summed E-state index contributed by atoms with van der Waals surface area (Å²) in [4.78, 5) is 26.3. The second kappa shape index (κ2) is 9.93. The molecule has 3 rings (SSSR count). The number of ether oxygens (including phenoxy) is 1. The lowest BCUT2D eigenvalue weighted by Gasteiger charge is -2.32. The molecule has 1 N–H and O–H groups in total. The van der Waals surface area contributed by atoms with Gasteiger partial charge < -0.3 is 15.0 Å². The van der Waals surface area contributed by atoms with E-state index in [1.54, 1.807) is 19.2 Å². The van der Waals surface area contributed by atoms with E-state index in [0.717, 1.165) is 44.5 Å². The Morgan fingerprint density at radius 1 is 1.04 bits per heavy atom.